The molecule has 1 aromatic carbocycles. The highest BCUT2D eigenvalue weighted by molar-refractivity contribution is 5.87. The molecule has 1 aliphatic rings. The number of hydrogen-bond donors (Lipinski definition) is 1. The Morgan fingerprint density at radius 2 is 1.71 bits per heavy atom. The SMILES string of the molecule is CC(=O)[C@@H](CCCNC(=O)OCc1ccccc1)[C@@H](CC(C)C)C(=O)N1CCCCC1. The van der Waals surface area contributed by atoms with E-state index in [-0.39, 0.29) is 30.1 Å². The number of alkyl carbamates (subject to hydrolysis) is 1. The smallest absolute Gasteiger partial charge is 0.407 e. The highest BCUT2D eigenvalue weighted by Gasteiger charge is 2.34. The Morgan fingerprint density at radius 1 is 1.03 bits per heavy atom. The van der Waals surface area contributed by atoms with Gasteiger partial charge in [0.25, 0.3) is 0 Å². The van der Waals surface area contributed by atoms with Crippen LogP contribution in [0.3, 0.4) is 0 Å². The molecule has 0 aromatic heterocycles. The van der Waals surface area contributed by atoms with Crippen LogP contribution in [0.1, 0.15) is 64.9 Å². The summed E-state index contributed by atoms with van der Waals surface area (Å²) < 4.78 is 5.22. The van der Waals surface area contributed by atoms with Gasteiger partial charge in [-0.2, -0.15) is 0 Å². The van der Waals surface area contributed by atoms with Crippen molar-refractivity contribution in [2.75, 3.05) is 19.6 Å². The number of benzene rings is 1. The number of ketones is 1. The van der Waals surface area contributed by atoms with E-state index in [2.05, 4.69) is 19.2 Å². The molecule has 1 heterocycles. The molecule has 6 nitrogen and oxygen atoms in total. The molecule has 1 fully saturated rings. The summed E-state index contributed by atoms with van der Waals surface area (Å²) in [5, 5.41) is 2.75. The van der Waals surface area contributed by atoms with Gasteiger partial charge in [0.05, 0.1) is 0 Å². The monoisotopic (exact) mass is 430 g/mol. The van der Waals surface area contributed by atoms with Gasteiger partial charge in [0.15, 0.2) is 0 Å². The van der Waals surface area contributed by atoms with Gasteiger partial charge in [-0.3, -0.25) is 9.59 Å². The van der Waals surface area contributed by atoms with Gasteiger partial charge >= 0.3 is 6.09 Å². The molecular weight excluding hydrogens is 392 g/mol. The largest absolute Gasteiger partial charge is 0.445 e. The number of carbonyl (C=O) groups is 3. The first-order valence-corrected chi connectivity index (χ1v) is 11.6. The average Bonchev–Trinajstić information content (AvgIpc) is 2.77. The van der Waals surface area contributed by atoms with Gasteiger partial charge in [-0.1, -0.05) is 44.2 Å². The molecule has 0 spiro atoms. The van der Waals surface area contributed by atoms with Crippen LogP contribution in [0.4, 0.5) is 4.79 Å². The Labute approximate surface area is 186 Å². The minimum absolute atomic E-state index is 0.0580. The van der Waals surface area contributed by atoms with E-state index in [0.29, 0.717) is 31.7 Å². The molecule has 0 unspecified atom stereocenters. The van der Waals surface area contributed by atoms with Gasteiger partial charge in [0, 0.05) is 31.5 Å². The maximum atomic E-state index is 13.2. The van der Waals surface area contributed by atoms with Crippen LogP contribution in [0.2, 0.25) is 0 Å². The number of likely N-dealkylation sites (tertiary alicyclic amines) is 1. The fraction of sp³-hybridized carbons (Fsp3) is 0.640. The molecule has 0 bridgehead atoms. The lowest BCUT2D eigenvalue weighted by molar-refractivity contribution is -0.142. The van der Waals surface area contributed by atoms with Gasteiger partial charge in [0.1, 0.15) is 12.4 Å². The molecule has 172 valence electrons. The Kier molecular flexibility index (Phi) is 10.5. The lowest BCUT2D eigenvalue weighted by atomic mass is 9.79. The molecule has 2 atom stereocenters. The van der Waals surface area contributed by atoms with Gasteiger partial charge in [-0.15, -0.1) is 0 Å². The minimum atomic E-state index is -0.466. The summed E-state index contributed by atoms with van der Waals surface area (Å²) in [5.41, 5.74) is 0.932. The Hall–Kier alpha value is -2.37. The number of rotatable bonds is 11. The number of hydrogen-bond acceptors (Lipinski definition) is 4. The summed E-state index contributed by atoms with van der Waals surface area (Å²) in [5.74, 6) is -0.0576. The summed E-state index contributed by atoms with van der Waals surface area (Å²) in [4.78, 5) is 39.6. The zero-order valence-electron chi connectivity index (χ0n) is 19.3. The predicted molar refractivity (Wildman–Crippen MR) is 121 cm³/mol. The Bertz CT molecular complexity index is 699. The molecule has 2 amide bonds. The zero-order chi connectivity index (χ0) is 22.6. The van der Waals surface area contributed by atoms with Crippen LogP contribution >= 0.6 is 0 Å². The third-order valence-corrected chi connectivity index (χ3v) is 5.89. The summed E-state index contributed by atoms with van der Waals surface area (Å²) in [6.07, 6.45) is 4.72. The summed E-state index contributed by atoms with van der Waals surface area (Å²) in [6, 6.07) is 9.52. The normalized spacial score (nSPS) is 15.9. The minimum Gasteiger partial charge on any atom is -0.445 e. The third-order valence-electron chi connectivity index (χ3n) is 5.89. The maximum absolute atomic E-state index is 13.2. The van der Waals surface area contributed by atoms with Crippen LogP contribution in [0.25, 0.3) is 0 Å². The van der Waals surface area contributed by atoms with E-state index in [1.54, 1.807) is 6.92 Å². The number of amides is 2. The summed E-state index contributed by atoms with van der Waals surface area (Å²) in [7, 11) is 0. The van der Waals surface area contributed by atoms with E-state index in [0.717, 1.165) is 31.5 Å². The lowest BCUT2D eigenvalue weighted by Gasteiger charge is -2.34. The Balaban J connectivity index is 1.84. The number of nitrogens with one attached hydrogen (secondary N) is 1. The van der Waals surface area contributed by atoms with Crippen LogP contribution < -0.4 is 5.32 Å². The first-order chi connectivity index (χ1) is 14.9. The van der Waals surface area contributed by atoms with E-state index in [1.165, 1.54) is 6.42 Å². The van der Waals surface area contributed by atoms with Crippen molar-refractivity contribution >= 4 is 17.8 Å². The van der Waals surface area contributed by atoms with Crippen molar-refractivity contribution in [3.63, 3.8) is 0 Å². The number of nitrogens with zero attached hydrogens (tertiary/aromatic N) is 1. The Morgan fingerprint density at radius 3 is 2.32 bits per heavy atom. The van der Waals surface area contributed by atoms with E-state index >= 15 is 0 Å². The average molecular weight is 431 g/mol. The quantitative estimate of drug-likeness (QED) is 0.522. The second-order valence-electron chi connectivity index (χ2n) is 8.97. The zero-order valence-corrected chi connectivity index (χ0v) is 19.3. The summed E-state index contributed by atoms with van der Waals surface area (Å²) in [6.45, 7) is 8.02. The van der Waals surface area contributed by atoms with Crippen molar-refractivity contribution in [2.45, 2.75) is 65.9 Å². The van der Waals surface area contributed by atoms with Crippen molar-refractivity contribution in [1.82, 2.24) is 10.2 Å². The van der Waals surface area contributed by atoms with E-state index in [4.69, 9.17) is 4.74 Å². The number of ether oxygens (including phenoxy) is 1. The molecule has 1 aromatic rings. The molecule has 1 saturated heterocycles. The van der Waals surface area contributed by atoms with Crippen molar-refractivity contribution in [1.29, 1.82) is 0 Å². The lowest BCUT2D eigenvalue weighted by Crippen LogP contribution is -2.44. The van der Waals surface area contributed by atoms with Crippen LogP contribution in [0.5, 0.6) is 0 Å². The molecule has 1 N–H and O–H groups in total. The molecule has 31 heavy (non-hydrogen) atoms. The van der Waals surface area contributed by atoms with E-state index in [9.17, 15) is 14.4 Å². The van der Waals surface area contributed by atoms with Crippen LogP contribution in [-0.4, -0.2) is 42.3 Å². The van der Waals surface area contributed by atoms with Crippen LogP contribution in [0, 0.1) is 17.8 Å². The maximum Gasteiger partial charge on any atom is 0.407 e. The number of piperidine rings is 1. The van der Waals surface area contributed by atoms with E-state index < -0.39 is 6.09 Å². The van der Waals surface area contributed by atoms with Gasteiger partial charge in [-0.25, -0.2) is 4.79 Å². The van der Waals surface area contributed by atoms with Gasteiger partial charge < -0.3 is 15.0 Å². The van der Waals surface area contributed by atoms with Crippen molar-refractivity contribution < 1.29 is 19.1 Å². The van der Waals surface area contributed by atoms with Crippen molar-refractivity contribution in [3.8, 4) is 0 Å². The van der Waals surface area contributed by atoms with Crippen molar-refractivity contribution in [3.05, 3.63) is 35.9 Å². The first-order valence-electron chi connectivity index (χ1n) is 11.6. The fourth-order valence-corrected chi connectivity index (χ4v) is 4.27. The van der Waals surface area contributed by atoms with Crippen LogP contribution in [0.15, 0.2) is 30.3 Å². The number of Topliss-reactive ketones (excluding diaryl/α,β-unsaturated/α-hetero) is 1. The standard InChI is InChI=1S/C25H38N2O4/c1-19(2)17-23(24(29)27-15-8-5-9-16-27)22(20(3)28)13-10-14-26-25(30)31-18-21-11-6-4-7-12-21/h4,6-7,11-12,19,22-23H,5,8-10,13-18H2,1-3H3,(H,26,30)/t22-,23-/m1/s1. The highest BCUT2D eigenvalue weighted by Crippen LogP contribution is 2.28. The number of carbonyl (C=O) groups excluding carboxylic acids is 3. The topological polar surface area (TPSA) is 75.7 Å². The molecule has 0 radical (unpaired) electrons. The second-order valence-corrected chi connectivity index (χ2v) is 8.97. The highest BCUT2D eigenvalue weighted by atomic mass is 16.5. The molecular formula is C25H38N2O4. The van der Waals surface area contributed by atoms with Gasteiger partial charge in [0.2, 0.25) is 5.91 Å². The summed E-state index contributed by atoms with van der Waals surface area (Å²) >= 11 is 0. The second kappa shape index (κ2) is 13.1. The molecule has 2 rings (SSSR count). The molecule has 0 aliphatic carbocycles. The predicted octanol–water partition coefficient (Wildman–Crippen LogP) is 4.57. The van der Waals surface area contributed by atoms with Crippen molar-refractivity contribution in [2.24, 2.45) is 17.8 Å². The molecule has 1 aliphatic heterocycles. The molecule has 6 heteroatoms. The first kappa shape index (κ1) is 24.9. The van der Waals surface area contributed by atoms with Crippen LogP contribution in [-0.2, 0) is 20.9 Å². The molecule has 0 saturated carbocycles. The van der Waals surface area contributed by atoms with Gasteiger partial charge in [-0.05, 0) is 56.9 Å². The van der Waals surface area contributed by atoms with E-state index in [1.807, 2.05) is 35.2 Å². The fourth-order valence-electron chi connectivity index (χ4n) is 4.27. The third kappa shape index (κ3) is 8.72.